The molecule has 184 valence electrons. The molecule has 2 amide bonds. The Bertz CT molecular complexity index is 1030. The molecule has 0 aromatic heterocycles. The van der Waals surface area contributed by atoms with E-state index in [1.54, 1.807) is 0 Å². The lowest BCUT2D eigenvalue weighted by Crippen LogP contribution is -2.54. The summed E-state index contributed by atoms with van der Waals surface area (Å²) in [6.45, 7) is 4.57. The van der Waals surface area contributed by atoms with Crippen LogP contribution in [0.4, 0.5) is 18.9 Å². The molecule has 1 N–H and O–H groups in total. The van der Waals surface area contributed by atoms with Crippen molar-refractivity contribution < 1.29 is 22.8 Å². The van der Waals surface area contributed by atoms with Gasteiger partial charge >= 0.3 is 6.18 Å². The maximum atomic E-state index is 13.3. The minimum atomic E-state index is -4.39. The molecule has 2 saturated carbocycles. The smallest absolute Gasteiger partial charge is 0.326 e. The molecule has 1 unspecified atom stereocenters. The van der Waals surface area contributed by atoms with Crippen molar-refractivity contribution in [2.24, 2.45) is 34.5 Å². The van der Waals surface area contributed by atoms with Crippen LogP contribution in [-0.4, -0.2) is 23.8 Å². The molecule has 1 aliphatic heterocycles. The molecule has 1 saturated heterocycles. The van der Waals surface area contributed by atoms with Gasteiger partial charge in [-0.05, 0) is 86.0 Å². The van der Waals surface area contributed by atoms with E-state index in [0.717, 1.165) is 50.7 Å². The summed E-state index contributed by atoms with van der Waals surface area (Å²) in [5, 5.41) is 2.89. The van der Waals surface area contributed by atoms with E-state index in [2.05, 4.69) is 25.2 Å². The van der Waals surface area contributed by atoms with Gasteiger partial charge in [-0.1, -0.05) is 19.9 Å². The predicted octanol–water partition coefficient (Wildman–Crippen LogP) is 6.25. The second-order valence-electron chi connectivity index (χ2n) is 11.3. The Hall–Kier alpha value is -2.31. The van der Waals surface area contributed by atoms with Crippen LogP contribution in [0.1, 0.15) is 64.4 Å². The molecule has 3 aliphatic carbocycles. The molecule has 1 aromatic rings. The Morgan fingerprint density at radius 3 is 2.44 bits per heavy atom. The maximum absolute atomic E-state index is 13.3. The third-order valence-electron chi connectivity index (χ3n) is 9.81. The number of carbonyl (C=O) groups is 2. The zero-order valence-corrected chi connectivity index (χ0v) is 20.0. The number of rotatable bonds is 2. The number of fused-ring (bicyclic) bond motifs is 5. The number of nitrogens with zero attached hydrogens (tertiary/aromatic N) is 1. The lowest BCUT2D eigenvalue weighted by atomic mass is 9.49. The summed E-state index contributed by atoms with van der Waals surface area (Å²) < 4.78 is 38.6. The summed E-state index contributed by atoms with van der Waals surface area (Å²) in [6.07, 6.45) is 4.12. The molecule has 1 aromatic carbocycles. The van der Waals surface area contributed by atoms with Gasteiger partial charge in [0.1, 0.15) is 0 Å². The van der Waals surface area contributed by atoms with Gasteiger partial charge in [0.2, 0.25) is 11.8 Å². The van der Waals surface area contributed by atoms with Gasteiger partial charge in [-0.15, -0.1) is 0 Å². The summed E-state index contributed by atoms with van der Waals surface area (Å²) in [7, 11) is 1.90. The number of allylic oxidation sites excluding steroid dienone is 2. The standard InChI is InChI=1S/C27H33F3N2O2/c1-25-14-12-20-18(8-11-22-26(20,2)15-13-23(33)32(22)3)19(25)9-10-21(25)24(34)31-17-6-4-16(5-7-17)27(28,29)30/h4-7,11,18-21H,8-10,12-15H2,1-3H3,(H,31,34)/t18-,19-,20+,21?,25-,26+/m0/s1. The molecule has 4 nitrogen and oxygen atoms in total. The van der Waals surface area contributed by atoms with Crippen LogP contribution in [-0.2, 0) is 15.8 Å². The molecular weight excluding hydrogens is 441 g/mol. The molecule has 7 heteroatoms. The molecule has 5 rings (SSSR count). The van der Waals surface area contributed by atoms with Gasteiger partial charge in [0.25, 0.3) is 0 Å². The first-order valence-corrected chi connectivity index (χ1v) is 12.4. The normalized spacial score (nSPS) is 37.4. The highest BCUT2D eigenvalue weighted by molar-refractivity contribution is 5.93. The SMILES string of the molecule is CN1C(=O)CC[C@@]2(C)C1=CC[C@@H]1[C@H]2CC[C@]2(C)C(C(=O)Nc3ccc(C(F)(F)F)cc3)CC[C@@H]12. The van der Waals surface area contributed by atoms with Gasteiger partial charge in [-0.2, -0.15) is 13.2 Å². The number of hydrogen-bond acceptors (Lipinski definition) is 2. The zero-order valence-electron chi connectivity index (χ0n) is 20.0. The van der Waals surface area contributed by atoms with Crippen LogP contribution in [0.2, 0.25) is 0 Å². The summed E-state index contributed by atoms with van der Waals surface area (Å²) in [5.74, 6) is 1.42. The largest absolute Gasteiger partial charge is 0.416 e. The third-order valence-corrected chi connectivity index (χ3v) is 9.81. The topological polar surface area (TPSA) is 49.4 Å². The van der Waals surface area contributed by atoms with Crippen LogP contribution in [0, 0.1) is 34.5 Å². The highest BCUT2D eigenvalue weighted by atomic mass is 19.4. The zero-order chi connectivity index (χ0) is 24.5. The Morgan fingerprint density at radius 2 is 1.76 bits per heavy atom. The molecule has 4 aliphatic rings. The number of carbonyl (C=O) groups excluding carboxylic acids is 2. The van der Waals surface area contributed by atoms with Crippen molar-refractivity contribution in [3.8, 4) is 0 Å². The molecule has 6 atom stereocenters. The number of anilines is 1. The number of hydrogen-bond donors (Lipinski definition) is 1. The summed E-state index contributed by atoms with van der Waals surface area (Å²) in [4.78, 5) is 27.5. The van der Waals surface area contributed by atoms with E-state index in [4.69, 9.17) is 0 Å². The predicted molar refractivity (Wildman–Crippen MR) is 123 cm³/mol. The van der Waals surface area contributed by atoms with E-state index in [0.29, 0.717) is 29.9 Å². The molecule has 0 bridgehead atoms. The van der Waals surface area contributed by atoms with Crippen molar-refractivity contribution >= 4 is 17.5 Å². The summed E-state index contributed by atoms with van der Waals surface area (Å²) in [6, 6.07) is 4.69. The number of likely N-dealkylation sites (tertiary alicyclic amines) is 1. The van der Waals surface area contributed by atoms with E-state index in [9.17, 15) is 22.8 Å². The molecule has 1 heterocycles. The molecular formula is C27H33F3N2O2. The van der Waals surface area contributed by atoms with Crippen LogP contribution < -0.4 is 5.32 Å². The molecule has 34 heavy (non-hydrogen) atoms. The fourth-order valence-corrected chi connectivity index (χ4v) is 7.98. The molecule has 0 spiro atoms. The number of halogens is 3. The first kappa shape index (κ1) is 23.4. The number of benzene rings is 1. The average molecular weight is 475 g/mol. The number of alkyl halides is 3. The van der Waals surface area contributed by atoms with E-state index in [1.807, 2.05) is 11.9 Å². The van der Waals surface area contributed by atoms with Crippen LogP contribution in [0.3, 0.4) is 0 Å². The minimum absolute atomic E-state index is 0.00742. The van der Waals surface area contributed by atoms with Crippen molar-refractivity contribution in [3.05, 3.63) is 41.6 Å². The van der Waals surface area contributed by atoms with Crippen LogP contribution in [0.15, 0.2) is 36.0 Å². The average Bonchev–Trinajstić information content (AvgIpc) is 3.14. The third kappa shape index (κ3) is 3.49. The van der Waals surface area contributed by atoms with Crippen molar-refractivity contribution in [3.63, 3.8) is 0 Å². The van der Waals surface area contributed by atoms with Crippen LogP contribution in [0.5, 0.6) is 0 Å². The highest BCUT2D eigenvalue weighted by Gasteiger charge is 2.60. The fourth-order valence-electron chi connectivity index (χ4n) is 7.98. The second-order valence-corrected chi connectivity index (χ2v) is 11.3. The van der Waals surface area contributed by atoms with Gasteiger partial charge in [0.15, 0.2) is 0 Å². The van der Waals surface area contributed by atoms with Crippen molar-refractivity contribution in [2.45, 2.75) is 65.0 Å². The Balaban J connectivity index is 1.34. The Morgan fingerprint density at radius 1 is 1.06 bits per heavy atom. The Labute approximate surface area is 199 Å². The monoisotopic (exact) mass is 474 g/mol. The van der Waals surface area contributed by atoms with Gasteiger partial charge in [0, 0.05) is 36.2 Å². The molecule has 3 fully saturated rings. The summed E-state index contributed by atoms with van der Waals surface area (Å²) >= 11 is 0. The van der Waals surface area contributed by atoms with Crippen molar-refractivity contribution in [2.75, 3.05) is 12.4 Å². The Kier molecular flexibility index (Phi) is 5.41. The highest BCUT2D eigenvalue weighted by Crippen LogP contribution is 2.66. The first-order valence-electron chi connectivity index (χ1n) is 12.4. The quantitative estimate of drug-likeness (QED) is 0.551. The van der Waals surface area contributed by atoms with Gasteiger partial charge in [0.05, 0.1) is 5.56 Å². The van der Waals surface area contributed by atoms with Gasteiger partial charge < -0.3 is 10.2 Å². The number of nitrogens with one attached hydrogen (secondary N) is 1. The first-order chi connectivity index (χ1) is 15.9. The number of amides is 2. The van der Waals surface area contributed by atoms with E-state index < -0.39 is 11.7 Å². The van der Waals surface area contributed by atoms with Crippen molar-refractivity contribution in [1.29, 1.82) is 0 Å². The maximum Gasteiger partial charge on any atom is 0.416 e. The van der Waals surface area contributed by atoms with E-state index >= 15 is 0 Å². The van der Waals surface area contributed by atoms with Gasteiger partial charge in [-0.25, -0.2) is 0 Å². The summed E-state index contributed by atoms with van der Waals surface area (Å²) in [5.41, 5.74) is 0.766. The van der Waals surface area contributed by atoms with Crippen LogP contribution >= 0.6 is 0 Å². The second kappa shape index (κ2) is 7.85. The van der Waals surface area contributed by atoms with Crippen LogP contribution in [0.25, 0.3) is 0 Å². The van der Waals surface area contributed by atoms with E-state index in [1.165, 1.54) is 17.8 Å². The minimum Gasteiger partial charge on any atom is -0.326 e. The van der Waals surface area contributed by atoms with E-state index in [-0.39, 0.29) is 28.6 Å². The fraction of sp³-hybridized carbons (Fsp3) is 0.630. The number of piperidine rings is 1. The van der Waals surface area contributed by atoms with Crippen molar-refractivity contribution in [1.82, 2.24) is 4.90 Å². The lowest BCUT2D eigenvalue weighted by molar-refractivity contribution is -0.138. The lowest BCUT2D eigenvalue weighted by Gasteiger charge is -2.58. The van der Waals surface area contributed by atoms with Gasteiger partial charge in [-0.3, -0.25) is 9.59 Å². The molecule has 0 radical (unpaired) electrons.